The van der Waals surface area contributed by atoms with Crippen LogP contribution < -0.4 is 0 Å². The van der Waals surface area contributed by atoms with Crippen LogP contribution in [-0.2, 0) is 11.2 Å². The quantitative estimate of drug-likeness (QED) is 0.732. The minimum atomic E-state index is -0.945. The summed E-state index contributed by atoms with van der Waals surface area (Å²) in [6.07, 6.45) is 2.20. The van der Waals surface area contributed by atoms with Crippen LogP contribution >= 0.6 is 0 Å². The minimum absolute atomic E-state index is 0.0837. The molecule has 0 saturated heterocycles. The van der Waals surface area contributed by atoms with Crippen LogP contribution in [0.4, 0.5) is 13.2 Å². The number of carboxylic acid groups (broad SMARTS) is 1. The lowest BCUT2D eigenvalue weighted by Crippen LogP contribution is -1.98. The summed E-state index contributed by atoms with van der Waals surface area (Å²) in [7, 11) is 0. The second-order valence-electron chi connectivity index (χ2n) is 5.36. The van der Waals surface area contributed by atoms with Crippen molar-refractivity contribution in [1.29, 1.82) is 0 Å². The first-order valence-corrected chi connectivity index (χ1v) is 7.43. The van der Waals surface area contributed by atoms with Crippen molar-refractivity contribution in [3.63, 3.8) is 0 Å². The van der Waals surface area contributed by atoms with Gasteiger partial charge in [0, 0.05) is 12.0 Å². The smallest absolute Gasteiger partial charge is 0.303 e. The Labute approximate surface area is 132 Å². The number of carboxylic acids is 1. The molecular formula is C18H17F3O2. The van der Waals surface area contributed by atoms with Crippen molar-refractivity contribution in [3.05, 3.63) is 59.4 Å². The highest BCUT2D eigenvalue weighted by Gasteiger charge is 2.14. The van der Waals surface area contributed by atoms with Crippen molar-refractivity contribution >= 4 is 5.97 Å². The molecule has 0 aliphatic carbocycles. The average molecular weight is 322 g/mol. The summed E-state index contributed by atoms with van der Waals surface area (Å²) in [6.45, 7) is 0. The van der Waals surface area contributed by atoms with Crippen LogP contribution in [0, 0.1) is 17.5 Å². The molecule has 0 atom stereocenters. The highest BCUT2D eigenvalue weighted by Crippen LogP contribution is 2.27. The molecule has 0 unspecified atom stereocenters. The average Bonchev–Trinajstić information content (AvgIpc) is 2.52. The van der Waals surface area contributed by atoms with Gasteiger partial charge >= 0.3 is 5.97 Å². The molecule has 0 aliphatic heterocycles. The summed E-state index contributed by atoms with van der Waals surface area (Å²) in [5, 5.41) is 8.53. The van der Waals surface area contributed by atoms with Crippen LogP contribution in [0.3, 0.4) is 0 Å². The normalized spacial score (nSPS) is 10.7. The lowest BCUT2D eigenvalue weighted by atomic mass is 9.99. The van der Waals surface area contributed by atoms with Gasteiger partial charge in [0.2, 0.25) is 0 Å². The minimum Gasteiger partial charge on any atom is -0.481 e. The SMILES string of the molecule is O=C(O)CCCCCc1ccc(-c2ccc(F)cc2)c(F)c1F. The standard InChI is InChI=1S/C18H17F3O2/c19-14-9-6-12(7-10-14)15-11-8-13(17(20)18(15)21)4-2-1-3-5-16(22)23/h6-11H,1-5H2,(H,22,23). The summed E-state index contributed by atoms with van der Waals surface area (Å²) in [4.78, 5) is 10.4. The molecule has 0 spiro atoms. The van der Waals surface area contributed by atoms with Gasteiger partial charge in [-0.05, 0) is 42.5 Å². The van der Waals surface area contributed by atoms with Crippen LogP contribution in [-0.4, -0.2) is 11.1 Å². The molecule has 0 saturated carbocycles. The van der Waals surface area contributed by atoms with Crippen molar-refractivity contribution in [2.75, 3.05) is 0 Å². The van der Waals surface area contributed by atoms with E-state index in [0.717, 1.165) is 0 Å². The topological polar surface area (TPSA) is 37.3 Å². The highest BCUT2D eigenvalue weighted by atomic mass is 19.2. The van der Waals surface area contributed by atoms with Gasteiger partial charge in [-0.2, -0.15) is 0 Å². The Balaban J connectivity index is 2.05. The Morgan fingerprint density at radius 3 is 2.22 bits per heavy atom. The zero-order chi connectivity index (χ0) is 16.8. The van der Waals surface area contributed by atoms with Crippen molar-refractivity contribution in [2.45, 2.75) is 32.1 Å². The number of hydrogen-bond acceptors (Lipinski definition) is 1. The Morgan fingerprint density at radius 1 is 0.870 bits per heavy atom. The first-order chi connectivity index (χ1) is 11.0. The first kappa shape index (κ1) is 17.1. The lowest BCUT2D eigenvalue weighted by molar-refractivity contribution is -0.137. The third-order valence-corrected chi connectivity index (χ3v) is 3.65. The van der Waals surface area contributed by atoms with Crippen molar-refractivity contribution in [2.24, 2.45) is 0 Å². The highest BCUT2D eigenvalue weighted by molar-refractivity contribution is 5.66. The van der Waals surface area contributed by atoms with Gasteiger partial charge in [0.05, 0.1) is 0 Å². The Hall–Kier alpha value is -2.30. The van der Waals surface area contributed by atoms with E-state index in [2.05, 4.69) is 0 Å². The van der Waals surface area contributed by atoms with E-state index in [9.17, 15) is 18.0 Å². The number of unbranched alkanes of at least 4 members (excludes halogenated alkanes) is 2. The van der Waals surface area contributed by atoms with Crippen molar-refractivity contribution < 1.29 is 23.1 Å². The molecule has 2 aromatic rings. The van der Waals surface area contributed by atoms with Crippen LogP contribution in [0.15, 0.2) is 36.4 Å². The molecule has 122 valence electrons. The maximum atomic E-state index is 14.2. The van der Waals surface area contributed by atoms with Crippen LogP contribution in [0.5, 0.6) is 0 Å². The molecule has 0 amide bonds. The van der Waals surface area contributed by atoms with E-state index in [-0.39, 0.29) is 17.5 Å². The van der Waals surface area contributed by atoms with Gasteiger partial charge in [-0.1, -0.05) is 30.7 Å². The molecule has 2 rings (SSSR count). The fourth-order valence-electron chi connectivity index (χ4n) is 2.40. The summed E-state index contributed by atoms with van der Waals surface area (Å²) in [5.74, 6) is -3.14. The molecule has 2 nitrogen and oxygen atoms in total. The molecule has 0 heterocycles. The van der Waals surface area contributed by atoms with E-state index < -0.39 is 23.4 Å². The third-order valence-electron chi connectivity index (χ3n) is 3.65. The number of carbonyl (C=O) groups is 1. The molecule has 0 fully saturated rings. The zero-order valence-electron chi connectivity index (χ0n) is 12.5. The largest absolute Gasteiger partial charge is 0.481 e. The molecule has 23 heavy (non-hydrogen) atoms. The predicted octanol–water partition coefficient (Wildman–Crippen LogP) is 4.96. The number of aliphatic carboxylic acids is 1. The predicted molar refractivity (Wildman–Crippen MR) is 81.6 cm³/mol. The molecule has 1 N–H and O–H groups in total. The zero-order valence-corrected chi connectivity index (χ0v) is 12.5. The molecule has 0 aromatic heterocycles. The van der Waals surface area contributed by atoms with E-state index in [1.54, 1.807) is 0 Å². The maximum absolute atomic E-state index is 14.2. The Morgan fingerprint density at radius 2 is 1.57 bits per heavy atom. The van der Waals surface area contributed by atoms with Crippen LogP contribution in [0.25, 0.3) is 11.1 Å². The van der Waals surface area contributed by atoms with Gasteiger partial charge < -0.3 is 5.11 Å². The van der Waals surface area contributed by atoms with E-state index >= 15 is 0 Å². The summed E-state index contributed by atoms with van der Waals surface area (Å²) < 4.78 is 41.2. The number of benzene rings is 2. The molecule has 2 aromatic carbocycles. The third kappa shape index (κ3) is 4.58. The molecule has 5 heteroatoms. The van der Waals surface area contributed by atoms with Gasteiger partial charge in [0.1, 0.15) is 5.82 Å². The molecule has 0 bridgehead atoms. The number of halogens is 3. The van der Waals surface area contributed by atoms with Crippen molar-refractivity contribution in [3.8, 4) is 11.1 Å². The molecular weight excluding hydrogens is 305 g/mol. The summed E-state index contributed by atoms with van der Waals surface area (Å²) in [5.41, 5.74) is 0.775. The monoisotopic (exact) mass is 322 g/mol. The summed E-state index contributed by atoms with van der Waals surface area (Å²) in [6, 6.07) is 8.20. The van der Waals surface area contributed by atoms with Gasteiger partial charge in [0.15, 0.2) is 11.6 Å². The van der Waals surface area contributed by atoms with E-state index in [1.807, 2.05) is 0 Å². The number of rotatable bonds is 7. The van der Waals surface area contributed by atoms with Gasteiger partial charge in [-0.3, -0.25) is 4.79 Å². The van der Waals surface area contributed by atoms with E-state index in [0.29, 0.717) is 31.2 Å². The lowest BCUT2D eigenvalue weighted by Gasteiger charge is -2.09. The second-order valence-corrected chi connectivity index (χ2v) is 5.36. The van der Waals surface area contributed by atoms with E-state index in [1.165, 1.54) is 36.4 Å². The van der Waals surface area contributed by atoms with Crippen molar-refractivity contribution in [1.82, 2.24) is 0 Å². The Bertz CT molecular complexity index is 681. The molecule has 0 radical (unpaired) electrons. The first-order valence-electron chi connectivity index (χ1n) is 7.43. The number of hydrogen-bond donors (Lipinski definition) is 1. The van der Waals surface area contributed by atoms with E-state index in [4.69, 9.17) is 5.11 Å². The van der Waals surface area contributed by atoms with Gasteiger partial charge in [-0.15, -0.1) is 0 Å². The fraction of sp³-hybridized carbons (Fsp3) is 0.278. The Kier molecular flexibility index (Phi) is 5.79. The van der Waals surface area contributed by atoms with Gasteiger partial charge in [0.25, 0.3) is 0 Å². The second kappa shape index (κ2) is 7.81. The van der Waals surface area contributed by atoms with Crippen LogP contribution in [0.1, 0.15) is 31.2 Å². The fourth-order valence-corrected chi connectivity index (χ4v) is 2.40. The molecule has 0 aliphatic rings. The van der Waals surface area contributed by atoms with Gasteiger partial charge in [-0.25, -0.2) is 13.2 Å². The maximum Gasteiger partial charge on any atom is 0.303 e. The number of aryl methyl sites for hydroxylation is 1. The summed E-state index contributed by atoms with van der Waals surface area (Å²) >= 11 is 0. The van der Waals surface area contributed by atoms with Crippen LogP contribution in [0.2, 0.25) is 0 Å².